The van der Waals surface area contributed by atoms with Crippen LogP contribution in [0.3, 0.4) is 0 Å². The summed E-state index contributed by atoms with van der Waals surface area (Å²) >= 11 is 5.76. The molecule has 3 aromatic carbocycles. The van der Waals surface area contributed by atoms with Gasteiger partial charge in [0.1, 0.15) is 9.87 Å². The fourth-order valence-electron chi connectivity index (χ4n) is 5.65. The summed E-state index contributed by atoms with van der Waals surface area (Å²) < 4.78 is 0.806. The minimum absolute atomic E-state index is 0.212. The molecule has 3 heterocycles. The van der Waals surface area contributed by atoms with Crippen molar-refractivity contribution in [2.45, 2.75) is 45.7 Å². The lowest BCUT2D eigenvalue weighted by atomic mass is 9.85. The van der Waals surface area contributed by atoms with Crippen LogP contribution in [0.15, 0.2) is 66.7 Å². The fraction of sp³-hybridized carbons (Fsp3) is 0.226. The predicted octanol–water partition coefficient (Wildman–Crippen LogP) is 7.31. The van der Waals surface area contributed by atoms with Gasteiger partial charge in [-0.3, -0.25) is 24.2 Å². The summed E-state index contributed by atoms with van der Waals surface area (Å²) in [5.41, 5.74) is 5.63. The molecule has 39 heavy (non-hydrogen) atoms. The Morgan fingerprint density at radius 2 is 1.46 bits per heavy atom. The van der Waals surface area contributed by atoms with E-state index in [1.54, 1.807) is 39.5 Å². The minimum Gasteiger partial charge on any atom is -0.299 e. The van der Waals surface area contributed by atoms with Crippen molar-refractivity contribution in [3.05, 3.63) is 103 Å². The molecular formula is C31H26N2O3S3. The summed E-state index contributed by atoms with van der Waals surface area (Å²) in [5.74, 6) is -1.17. The van der Waals surface area contributed by atoms with Gasteiger partial charge in [0, 0.05) is 17.5 Å². The number of amides is 3. The predicted molar refractivity (Wildman–Crippen MR) is 159 cm³/mol. The Balaban J connectivity index is 1.54. The number of rotatable bonds is 4. The lowest BCUT2D eigenvalue weighted by Gasteiger charge is -2.45. The quantitative estimate of drug-likeness (QED) is 0.147. The highest BCUT2D eigenvalue weighted by atomic mass is 32.9. The number of nitrogens with zero attached hydrogens (tertiary/aromatic N) is 2. The smallest absolute Gasteiger partial charge is 0.262 e. The van der Waals surface area contributed by atoms with Gasteiger partial charge in [-0.05, 0) is 68.7 Å². The van der Waals surface area contributed by atoms with E-state index in [1.807, 2.05) is 57.2 Å². The van der Waals surface area contributed by atoms with Gasteiger partial charge in [0.2, 0.25) is 0 Å². The fourth-order valence-corrected chi connectivity index (χ4v) is 8.93. The van der Waals surface area contributed by atoms with E-state index >= 15 is 0 Å². The second-order valence-corrected chi connectivity index (χ2v) is 13.4. The lowest BCUT2D eigenvalue weighted by molar-refractivity contribution is -0.123. The van der Waals surface area contributed by atoms with Gasteiger partial charge in [0.15, 0.2) is 0 Å². The Hall–Kier alpha value is -3.46. The van der Waals surface area contributed by atoms with Crippen LogP contribution in [0.25, 0.3) is 11.1 Å². The summed E-state index contributed by atoms with van der Waals surface area (Å²) in [5, 5.41) is 0. The van der Waals surface area contributed by atoms with Crippen molar-refractivity contribution in [3.8, 4) is 11.1 Å². The molecule has 2 aliphatic heterocycles. The Morgan fingerprint density at radius 1 is 0.872 bits per heavy atom. The van der Waals surface area contributed by atoms with Gasteiger partial charge < -0.3 is 0 Å². The number of benzene rings is 3. The second-order valence-electron chi connectivity index (χ2n) is 10.6. The zero-order chi connectivity index (χ0) is 27.6. The molecule has 4 aromatic rings. The van der Waals surface area contributed by atoms with E-state index in [0.29, 0.717) is 11.1 Å². The summed E-state index contributed by atoms with van der Waals surface area (Å²) in [4.78, 5) is 46.2. The van der Waals surface area contributed by atoms with Crippen molar-refractivity contribution in [2.75, 3.05) is 4.90 Å². The number of anilines is 1. The standard InChI is InChI=1S/C31H26N2O3S3/c1-17-14-22-23(15-18(17)2)33(31(3,4)26-25(22)30(37)39-38-26)29(36)24(16-19-10-6-5-7-11-19)32-27(34)20-12-8-9-13-21(20)28(32)35/h5-15,24H,16H2,1-4H3/t24-/m1/s1. The van der Waals surface area contributed by atoms with E-state index in [2.05, 4.69) is 13.0 Å². The number of imide groups is 1. The molecule has 0 bridgehead atoms. The molecule has 196 valence electrons. The van der Waals surface area contributed by atoms with Crippen LogP contribution in [-0.2, 0) is 16.8 Å². The molecule has 0 spiro atoms. The lowest BCUT2D eigenvalue weighted by Crippen LogP contribution is -2.57. The summed E-state index contributed by atoms with van der Waals surface area (Å²) in [6.07, 6.45) is 0.212. The molecular weight excluding hydrogens is 545 g/mol. The van der Waals surface area contributed by atoms with E-state index in [0.717, 1.165) is 42.2 Å². The van der Waals surface area contributed by atoms with Crippen molar-refractivity contribution in [2.24, 2.45) is 0 Å². The number of hydrogen-bond donors (Lipinski definition) is 0. The molecule has 0 saturated heterocycles. The average molecular weight is 571 g/mol. The molecule has 1 atom stereocenters. The largest absolute Gasteiger partial charge is 0.299 e. The summed E-state index contributed by atoms with van der Waals surface area (Å²) in [6, 6.07) is 19.4. The molecule has 1 aromatic heterocycles. The van der Waals surface area contributed by atoms with Gasteiger partial charge in [-0.1, -0.05) is 75.4 Å². The van der Waals surface area contributed by atoms with Gasteiger partial charge in [-0.15, -0.1) is 0 Å². The van der Waals surface area contributed by atoms with Crippen LogP contribution in [0, 0.1) is 17.7 Å². The number of carbonyl (C=O) groups excluding carboxylic acids is 3. The van der Waals surface area contributed by atoms with E-state index in [1.165, 1.54) is 15.2 Å². The minimum atomic E-state index is -1.03. The molecule has 0 radical (unpaired) electrons. The van der Waals surface area contributed by atoms with Crippen LogP contribution in [0.1, 0.15) is 56.1 Å². The summed E-state index contributed by atoms with van der Waals surface area (Å²) in [6.45, 7) is 8.11. The molecule has 2 aliphatic rings. The van der Waals surface area contributed by atoms with Crippen molar-refractivity contribution in [1.29, 1.82) is 0 Å². The van der Waals surface area contributed by atoms with Crippen molar-refractivity contribution in [3.63, 3.8) is 0 Å². The third kappa shape index (κ3) is 3.92. The van der Waals surface area contributed by atoms with Crippen LogP contribution in [0.5, 0.6) is 0 Å². The highest BCUT2D eigenvalue weighted by Gasteiger charge is 2.49. The Bertz CT molecular complexity index is 1700. The molecule has 0 saturated carbocycles. The van der Waals surface area contributed by atoms with Crippen LogP contribution in [0.2, 0.25) is 0 Å². The zero-order valence-corrected chi connectivity index (χ0v) is 24.4. The van der Waals surface area contributed by atoms with Gasteiger partial charge in [-0.25, -0.2) is 0 Å². The maximum Gasteiger partial charge on any atom is 0.262 e. The Labute approximate surface area is 239 Å². The first kappa shape index (κ1) is 25.8. The van der Waals surface area contributed by atoms with Crippen LogP contribution in [0.4, 0.5) is 5.69 Å². The van der Waals surface area contributed by atoms with Crippen molar-refractivity contribution in [1.82, 2.24) is 4.90 Å². The van der Waals surface area contributed by atoms with Gasteiger partial charge in [0.25, 0.3) is 17.7 Å². The first-order chi connectivity index (χ1) is 18.6. The monoisotopic (exact) mass is 570 g/mol. The normalized spacial score (nSPS) is 16.1. The van der Waals surface area contributed by atoms with Gasteiger partial charge in [-0.2, -0.15) is 0 Å². The molecule has 5 nitrogen and oxygen atoms in total. The van der Waals surface area contributed by atoms with Crippen LogP contribution >= 0.6 is 32.9 Å². The Kier molecular flexibility index (Phi) is 6.17. The second kappa shape index (κ2) is 9.33. The van der Waals surface area contributed by atoms with E-state index < -0.39 is 23.4 Å². The number of aryl methyl sites for hydroxylation is 2. The van der Waals surface area contributed by atoms with Crippen molar-refractivity contribution < 1.29 is 14.4 Å². The van der Waals surface area contributed by atoms with E-state index in [9.17, 15) is 14.4 Å². The maximum atomic E-state index is 14.9. The van der Waals surface area contributed by atoms with E-state index in [-0.39, 0.29) is 12.3 Å². The molecule has 0 aliphatic carbocycles. The van der Waals surface area contributed by atoms with Crippen LogP contribution < -0.4 is 4.90 Å². The van der Waals surface area contributed by atoms with Crippen molar-refractivity contribution >= 4 is 56.3 Å². The van der Waals surface area contributed by atoms with Gasteiger partial charge in [0.05, 0.1) is 27.2 Å². The zero-order valence-electron chi connectivity index (χ0n) is 22.0. The molecule has 6 rings (SSSR count). The molecule has 3 amide bonds. The average Bonchev–Trinajstić information content (AvgIpc) is 3.43. The molecule has 0 unspecified atom stereocenters. The Morgan fingerprint density at radius 3 is 2.10 bits per heavy atom. The molecule has 0 N–H and O–H groups in total. The van der Waals surface area contributed by atoms with Crippen LogP contribution in [-0.4, -0.2) is 28.7 Å². The summed E-state index contributed by atoms with van der Waals surface area (Å²) in [7, 11) is 3.13. The maximum absolute atomic E-state index is 14.9. The first-order valence-corrected chi connectivity index (χ1v) is 15.3. The highest BCUT2D eigenvalue weighted by molar-refractivity contribution is 7.80. The molecule has 0 fully saturated rings. The number of fused-ring (bicyclic) bond motifs is 4. The third-order valence-electron chi connectivity index (χ3n) is 7.78. The molecule has 8 heteroatoms. The number of carbonyl (C=O) groups is 3. The topological polar surface area (TPSA) is 57.7 Å². The van der Waals surface area contributed by atoms with E-state index in [4.69, 9.17) is 12.2 Å². The SMILES string of the molecule is Cc1cc2c(cc1C)N(C(=O)[C@@H](Cc1ccccc1)N1C(=O)c3ccccc3C1=O)C(C)(C)c1ssc(=S)c1-2. The van der Waals surface area contributed by atoms with Gasteiger partial charge >= 0.3 is 0 Å². The first-order valence-electron chi connectivity index (χ1n) is 12.7. The number of hydrogen-bond acceptors (Lipinski definition) is 6. The third-order valence-corrected chi connectivity index (χ3v) is 11.1. The highest BCUT2D eigenvalue weighted by Crippen LogP contribution is 2.53.